The third-order valence-electron chi connectivity index (χ3n) is 7.79. The average Bonchev–Trinajstić information content (AvgIpc) is 3.67. The van der Waals surface area contributed by atoms with Gasteiger partial charge in [0, 0.05) is 37.1 Å². The number of phosphoric acid groups is 3. The Hall–Kier alpha value is -3.34. The van der Waals surface area contributed by atoms with E-state index in [9.17, 15) is 72.6 Å². The number of carbonyl (C=O) groups is 5. The first-order chi connectivity index (χ1) is 27.2. The van der Waals surface area contributed by atoms with E-state index in [1.807, 2.05) is 0 Å². The topological polar surface area (TPSA) is 438 Å². The van der Waals surface area contributed by atoms with Gasteiger partial charge in [-0.05, 0) is 0 Å². The van der Waals surface area contributed by atoms with Gasteiger partial charge in [0.1, 0.15) is 54.6 Å². The first kappa shape index (κ1) is 50.0. The van der Waals surface area contributed by atoms with E-state index in [2.05, 4.69) is 34.4 Å². The second kappa shape index (κ2) is 21.0. The summed E-state index contributed by atoms with van der Waals surface area (Å²) in [5.41, 5.74) is 4.14. The minimum absolute atomic E-state index is 0.00855. The van der Waals surface area contributed by atoms with Crippen molar-refractivity contribution in [1.29, 1.82) is 0 Å². The number of hydrogen-bond donors (Lipinski definition) is 11. The highest BCUT2D eigenvalue weighted by molar-refractivity contribution is 8.13. The van der Waals surface area contributed by atoms with Gasteiger partial charge < -0.3 is 61.1 Å². The van der Waals surface area contributed by atoms with Crippen LogP contribution in [0.2, 0.25) is 0 Å². The fourth-order valence-corrected chi connectivity index (χ4v) is 8.43. The number of aromatic nitrogens is 4. The number of Topliss-reactive ketones (excluding diaryl/α,β-unsaturated/α-hetero) is 1. The number of anilines is 1. The van der Waals surface area contributed by atoms with Gasteiger partial charge in [-0.25, -0.2) is 28.6 Å². The molecule has 12 N–H and O–H groups in total. The number of ether oxygens (including phenoxy) is 1. The molecule has 2 aromatic heterocycles. The molecule has 3 unspecified atom stereocenters. The molecule has 32 heteroatoms. The molecule has 28 nitrogen and oxygen atoms in total. The smallest absolute Gasteiger partial charge is 0.481 e. The SMILES string of the molecule is CC(C)(COP(=O)(O)OP(=O)(O)OC[C@H]1O[C@@H](n2cnc3c(N)ncnc32)[C@H](O)[C@@H]1OP(=O)(O)O)[C@@H](O)C(=O)NCCC(=O)NCCSC(=O)C(O)CC(=O)CC(=O)O. The van der Waals surface area contributed by atoms with Crippen molar-refractivity contribution >= 4 is 80.9 Å². The molecule has 332 valence electrons. The van der Waals surface area contributed by atoms with E-state index < -0.39 is 120 Å². The largest absolute Gasteiger partial charge is 0.481 e. The molecule has 1 aliphatic rings. The Bertz CT molecular complexity index is 2000. The Kier molecular flexibility index (Phi) is 17.8. The molecule has 8 atom stereocenters. The maximum absolute atomic E-state index is 12.7. The van der Waals surface area contributed by atoms with Gasteiger partial charge in [-0.1, -0.05) is 25.6 Å². The number of imidazole rings is 1. The Labute approximate surface area is 336 Å². The fraction of sp³-hybridized carbons (Fsp3) is 0.630. The Morgan fingerprint density at radius 1 is 1.02 bits per heavy atom. The van der Waals surface area contributed by atoms with Crippen LogP contribution in [0.1, 0.15) is 39.3 Å². The third-order valence-corrected chi connectivity index (χ3v) is 11.9. The average molecular weight is 926 g/mol. The Morgan fingerprint density at radius 3 is 2.32 bits per heavy atom. The van der Waals surface area contributed by atoms with Crippen LogP contribution in [0.25, 0.3) is 11.2 Å². The Balaban J connectivity index is 1.46. The summed E-state index contributed by atoms with van der Waals surface area (Å²) in [5.74, 6) is -4.00. The zero-order chi connectivity index (χ0) is 44.5. The van der Waals surface area contributed by atoms with Crippen molar-refractivity contribution in [2.45, 2.75) is 69.9 Å². The number of aliphatic hydroxyl groups is 3. The van der Waals surface area contributed by atoms with E-state index in [1.165, 1.54) is 13.8 Å². The Morgan fingerprint density at radius 2 is 1.68 bits per heavy atom. The van der Waals surface area contributed by atoms with Gasteiger partial charge in [-0.15, -0.1) is 0 Å². The van der Waals surface area contributed by atoms with Gasteiger partial charge >= 0.3 is 29.4 Å². The van der Waals surface area contributed by atoms with E-state index in [0.717, 1.165) is 17.2 Å². The maximum Gasteiger partial charge on any atom is 0.481 e. The molecular weight excluding hydrogens is 883 g/mol. The molecule has 1 aliphatic heterocycles. The van der Waals surface area contributed by atoms with Gasteiger partial charge in [0.25, 0.3) is 0 Å². The lowest BCUT2D eigenvalue weighted by molar-refractivity contribution is -0.141. The normalized spacial score (nSPS) is 21.6. The molecule has 3 heterocycles. The predicted molar refractivity (Wildman–Crippen MR) is 195 cm³/mol. The summed E-state index contributed by atoms with van der Waals surface area (Å²) in [6.07, 6.45) is -10.5. The highest BCUT2D eigenvalue weighted by Gasteiger charge is 2.50. The molecule has 2 aromatic rings. The lowest BCUT2D eigenvalue weighted by atomic mass is 9.87. The molecule has 3 rings (SSSR count). The summed E-state index contributed by atoms with van der Waals surface area (Å²) in [4.78, 5) is 109. The zero-order valence-electron chi connectivity index (χ0n) is 30.8. The molecular formula is C27H42N7O21P3S. The number of nitrogens with two attached hydrogens (primary N) is 1. The van der Waals surface area contributed by atoms with Gasteiger partial charge in [0.2, 0.25) is 16.9 Å². The van der Waals surface area contributed by atoms with E-state index in [0.29, 0.717) is 11.8 Å². The minimum Gasteiger partial charge on any atom is -0.481 e. The number of fused-ring (bicyclic) bond motifs is 1. The lowest BCUT2D eigenvalue weighted by Crippen LogP contribution is -2.46. The summed E-state index contributed by atoms with van der Waals surface area (Å²) in [6.45, 7) is -0.101. The third kappa shape index (κ3) is 15.6. The molecule has 0 aliphatic carbocycles. The summed E-state index contributed by atoms with van der Waals surface area (Å²) in [6, 6.07) is 0. The van der Waals surface area contributed by atoms with Crippen LogP contribution in [0.5, 0.6) is 0 Å². The van der Waals surface area contributed by atoms with Crippen LogP contribution in [-0.4, -0.2) is 151 Å². The lowest BCUT2D eigenvalue weighted by Gasteiger charge is -2.30. The molecule has 0 aromatic carbocycles. The number of amides is 2. The molecule has 0 saturated carbocycles. The van der Waals surface area contributed by atoms with Crippen molar-refractivity contribution in [3.8, 4) is 0 Å². The molecule has 2 amide bonds. The summed E-state index contributed by atoms with van der Waals surface area (Å²) < 4.78 is 61.9. The molecule has 1 saturated heterocycles. The number of phosphoric ester groups is 3. The number of rotatable bonds is 24. The van der Waals surface area contributed by atoms with Gasteiger partial charge in [0.05, 0.1) is 19.5 Å². The van der Waals surface area contributed by atoms with Gasteiger partial charge in [-0.3, -0.25) is 42.1 Å². The number of ketones is 1. The number of aliphatic hydroxyl groups excluding tert-OH is 3. The monoisotopic (exact) mass is 925 g/mol. The maximum atomic E-state index is 12.7. The van der Waals surface area contributed by atoms with E-state index in [1.54, 1.807) is 0 Å². The zero-order valence-corrected chi connectivity index (χ0v) is 34.3. The van der Waals surface area contributed by atoms with E-state index in [4.69, 9.17) is 24.6 Å². The number of carboxylic acids is 1. The van der Waals surface area contributed by atoms with Crippen LogP contribution >= 0.6 is 35.2 Å². The fourth-order valence-electron chi connectivity index (χ4n) is 4.92. The van der Waals surface area contributed by atoms with Crippen molar-refractivity contribution in [2.75, 3.05) is 37.8 Å². The number of nitrogens with zero attached hydrogens (tertiary/aromatic N) is 4. The summed E-state index contributed by atoms with van der Waals surface area (Å²) in [5, 5.41) is 43.5. The standard InChI is InChI=1S/C27H42N7O21P3S/c1-27(2,21(41)24(42)30-4-3-16(37)29-5-6-59-26(43)14(36)7-13(35)8-17(38)39)10-52-58(49,50)55-57(47,48)51-9-15-20(54-56(44,45)46)19(40)25(53-15)34-12-33-18-22(28)31-11-32-23(18)34/h11-12,14-15,19-21,25,36,40-41H,3-10H2,1-2H3,(H,29,37)(H,30,42)(H,38,39)(H,47,48)(H,49,50)(H2,28,31,32)(H2,44,45,46)/t14?,15-,19-,20-,21+,25-/m1/s1. The number of nitrogens with one attached hydrogen (secondary N) is 2. The summed E-state index contributed by atoms with van der Waals surface area (Å²) in [7, 11) is -16.5. The van der Waals surface area contributed by atoms with Crippen LogP contribution in [0.3, 0.4) is 0 Å². The number of hydrogen-bond acceptors (Lipinski definition) is 21. The number of aliphatic carboxylic acids is 1. The quantitative estimate of drug-likeness (QED) is 0.0293. The minimum atomic E-state index is -5.61. The predicted octanol–water partition coefficient (Wildman–Crippen LogP) is -2.54. The van der Waals surface area contributed by atoms with Crippen molar-refractivity contribution in [3.05, 3.63) is 12.7 Å². The van der Waals surface area contributed by atoms with Crippen LogP contribution < -0.4 is 16.4 Å². The van der Waals surface area contributed by atoms with Crippen molar-refractivity contribution in [3.63, 3.8) is 0 Å². The molecule has 1 fully saturated rings. The first-order valence-corrected chi connectivity index (χ1v) is 22.2. The summed E-state index contributed by atoms with van der Waals surface area (Å²) >= 11 is 0.590. The number of thioether (sulfide) groups is 1. The van der Waals surface area contributed by atoms with Crippen LogP contribution in [0, 0.1) is 5.41 Å². The van der Waals surface area contributed by atoms with Crippen molar-refractivity contribution in [2.24, 2.45) is 5.41 Å². The second-order valence-corrected chi connectivity index (χ2v) is 18.4. The molecule has 0 spiro atoms. The number of carbonyl (C=O) groups excluding carboxylic acids is 4. The molecule has 0 bridgehead atoms. The van der Waals surface area contributed by atoms with Crippen LogP contribution in [-0.2, 0) is 60.3 Å². The number of carboxylic acid groups (broad SMARTS) is 1. The first-order valence-electron chi connectivity index (χ1n) is 16.7. The number of nitrogen functional groups attached to an aromatic ring is 1. The van der Waals surface area contributed by atoms with Crippen molar-refractivity contribution < 1.29 is 100 Å². The van der Waals surface area contributed by atoms with E-state index in [-0.39, 0.29) is 42.2 Å². The molecule has 59 heavy (non-hydrogen) atoms. The van der Waals surface area contributed by atoms with E-state index >= 15 is 0 Å². The highest BCUT2D eigenvalue weighted by atomic mass is 32.2. The molecule has 0 radical (unpaired) electrons. The van der Waals surface area contributed by atoms with Crippen LogP contribution in [0.15, 0.2) is 12.7 Å². The van der Waals surface area contributed by atoms with Gasteiger partial charge in [-0.2, -0.15) is 4.31 Å². The van der Waals surface area contributed by atoms with Crippen LogP contribution in [0.4, 0.5) is 5.82 Å². The second-order valence-electron chi connectivity index (χ2n) is 13.1. The highest BCUT2D eigenvalue weighted by Crippen LogP contribution is 2.61. The van der Waals surface area contributed by atoms with Gasteiger partial charge in [0.15, 0.2) is 17.7 Å². The van der Waals surface area contributed by atoms with Crippen molar-refractivity contribution in [1.82, 2.24) is 30.2 Å².